The molecule has 1 radical (unpaired) electrons. The van der Waals surface area contributed by atoms with E-state index in [-0.39, 0.29) is 18.9 Å². The van der Waals surface area contributed by atoms with Gasteiger partial charge in [0.1, 0.15) is 5.75 Å². The number of carbonyl (C=O) groups is 1. The number of alkyl halides is 6. The van der Waals surface area contributed by atoms with E-state index in [1.165, 1.54) is 12.1 Å². The van der Waals surface area contributed by atoms with Crippen LogP contribution < -0.4 is 10.0 Å². The Labute approximate surface area is 203 Å². The SMILES string of the molecule is CCCCC(CC)COc1ccc(PC(=O)c2c(C(F)(F)F)cccc2C(F)(F)F)cc1.[Li]. The maximum atomic E-state index is 13.3. The number of benzene rings is 2. The first-order valence-electron chi connectivity index (χ1n) is 10.3. The van der Waals surface area contributed by atoms with Crippen LogP contribution in [-0.4, -0.2) is 31.0 Å². The third kappa shape index (κ3) is 8.67. The van der Waals surface area contributed by atoms with Gasteiger partial charge in [-0.1, -0.05) is 51.3 Å². The van der Waals surface area contributed by atoms with E-state index in [1.54, 1.807) is 12.1 Å². The van der Waals surface area contributed by atoms with Crippen molar-refractivity contribution in [1.82, 2.24) is 0 Å². The molecular formula is C23H25F6LiO2P. The largest absolute Gasteiger partial charge is 0.493 e. The third-order valence-electron chi connectivity index (χ3n) is 5.04. The van der Waals surface area contributed by atoms with E-state index in [0.29, 0.717) is 41.8 Å². The molecule has 2 rings (SSSR count). The van der Waals surface area contributed by atoms with Gasteiger partial charge in [-0.15, -0.1) is 0 Å². The molecule has 2 atom stereocenters. The molecule has 0 spiro atoms. The van der Waals surface area contributed by atoms with Crippen molar-refractivity contribution >= 4 is 38.3 Å². The van der Waals surface area contributed by atoms with Crippen LogP contribution >= 0.6 is 8.58 Å². The van der Waals surface area contributed by atoms with Gasteiger partial charge in [-0.3, -0.25) is 4.79 Å². The van der Waals surface area contributed by atoms with E-state index in [9.17, 15) is 31.1 Å². The van der Waals surface area contributed by atoms with Crippen LogP contribution in [0.25, 0.3) is 0 Å². The van der Waals surface area contributed by atoms with Crippen molar-refractivity contribution in [3.8, 4) is 5.75 Å². The summed E-state index contributed by atoms with van der Waals surface area (Å²) in [7, 11) is -0.894. The van der Waals surface area contributed by atoms with E-state index >= 15 is 0 Å². The summed E-state index contributed by atoms with van der Waals surface area (Å²) in [6.45, 7) is 4.71. The monoisotopic (exact) mass is 485 g/mol. The Morgan fingerprint density at radius 3 is 1.94 bits per heavy atom. The van der Waals surface area contributed by atoms with Gasteiger partial charge in [-0.2, -0.15) is 26.3 Å². The Morgan fingerprint density at radius 2 is 1.48 bits per heavy atom. The number of hydrogen-bond acceptors (Lipinski definition) is 2. The zero-order valence-corrected chi connectivity index (χ0v) is 19.7. The maximum absolute atomic E-state index is 13.3. The van der Waals surface area contributed by atoms with Gasteiger partial charge >= 0.3 is 12.4 Å². The fourth-order valence-corrected chi connectivity index (χ4v) is 4.20. The molecule has 33 heavy (non-hydrogen) atoms. The predicted molar refractivity (Wildman–Crippen MR) is 120 cm³/mol. The second-order valence-corrected chi connectivity index (χ2v) is 8.71. The van der Waals surface area contributed by atoms with E-state index in [0.717, 1.165) is 25.7 Å². The molecule has 0 amide bonds. The summed E-state index contributed by atoms with van der Waals surface area (Å²) in [5.41, 5.74) is -5.72. The number of halogens is 6. The Morgan fingerprint density at radius 1 is 0.939 bits per heavy atom. The first-order chi connectivity index (χ1) is 15.0. The van der Waals surface area contributed by atoms with Crippen LogP contribution in [0.3, 0.4) is 0 Å². The Hall–Kier alpha value is -1.48. The van der Waals surface area contributed by atoms with Gasteiger partial charge in [0.2, 0.25) is 0 Å². The predicted octanol–water partition coefficient (Wildman–Crippen LogP) is 7.08. The molecule has 0 bridgehead atoms. The molecule has 2 nitrogen and oxygen atoms in total. The van der Waals surface area contributed by atoms with Gasteiger partial charge in [0.05, 0.1) is 17.7 Å². The Kier molecular flexibility index (Phi) is 11.5. The molecule has 0 aliphatic carbocycles. The van der Waals surface area contributed by atoms with Crippen molar-refractivity contribution < 1.29 is 35.9 Å². The summed E-state index contributed by atoms with van der Waals surface area (Å²) in [6.07, 6.45) is -5.96. The first-order valence-corrected chi connectivity index (χ1v) is 11.3. The number of carbonyl (C=O) groups excluding carboxylic acids is 1. The number of rotatable bonds is 10. The van der Waals surface area contributed by atoms with Crippen LogP contribution in [-0.2, 0) is 12.4 Å². The minimum Gasteiger partial charge on any atom is -0.493 e. The van der Waals surface area contributed by atoms with Gasteiger partial charge in [-0.05, 0) is 50.5 Å². The molecule has 2 unspecified atom stereocenters. The smallest absolute Gasteiger partial charge is 0.417 e. The van der Waals surface area contributed by atoms with Crippen molar-refractivity contribution in [2.45, 2.75) is 51.9 Å². The second-order valence-electron chi connectivity index (χ2n) is 7.43. The van der Waals surface area contributed by atoms with Crippen LogP contribution in [0.5, 0.6) is 5.75 Å². The van der Waals surface area contributed by atoms with Crippen LogP contribution in [0.2, 0.25) is 0 Å². The van der Waals surface area contributed by atoms with Crippen LogP contribution in [0.15, 0.2) is 42.5 Å². The Balaban J connectivity index is 0.00000544. The molecule has 0 saturated heterocycles. The molecule has 0 saturated carbocycles. The molecule has 177 valence electrons. The molecule has 2 aromatic carbocycles. The van der Waals surface area contributed by atoms with E-state index in [1.807, 2.05) is 0 Å². The van der Waals surface area contributed by atoms with Crippen LogP contribution in [0, 0.1) is 5.92 Å². The molecule has 0 N–H and O–H groups in total. The first kappa shape index (κ1) is 29.5. The zero-order chi connectivity index (χ0) is 23.9. The summed E-state index contributed by atoms with van der Waals surface area (Å²) in [5.74, 6) is 0.936. The third-order valence-corrected chi connectivity index (χ3v) is 6.14. The van der Waals surface area contributed by atoms with Gasteiger partial charge in [0.15, 0.2) is 5.52 Å². The summed E-state index contributed by atoms with van der Waals surface area (Å²) in [5, 5.41) is 0.325. The maximum Gasteiger partial charge on any atom is 0.417 e. The van der Waals surface area contributed by atoms with E-state index in [4.69, 9.17) is 4.74 Å². The standard InChI is InChI=1S/C23H25F6O2P.Li/c1-3-5-7-15(4-2)14-31-16-10-12-17(13-11-16)32-21(30)20-18(22(24,25)26)8-6-9-19(20)23(27,28)29;/h6,8-13,15,32H,3-5,7,14H2,1-2H3;. The fraction of sp³-hybridized carbons (Fsp3) is 0.435. The van der Waals surface area contributed by atoms with E-state index < -0.39 is 43.1 Å². The van der Waals surface area contributed by atoms with Crippen LogP contribution in [0.4, 0.5) is 26.3 Å². The molecule has 10 heteroatoms. The number of ether oxygens (including phenoxy) is 1. The Bertz CT molecular complexity index is 865. The topological polar surface area (TPSA) is 26.3 Å². The molecule has 0 aromatic heterocycles. The van der Waals surface area contributed by atoms with Crippen molar-refractivity contribution in [2.24, 2.45) is 5.92 Å². The molecule has 0 heterocycles. The van der Waals surface area contributed by atoms with Crippen molar-refractivity contribution in [2.75, 3.05) is 6.61 Å². The molecule has 2 aromatic rings. The number of hydrogen-bond donors (Lipinski definition) is 0. The average molecular weight is 485 g/mol. The summed E-state index contributed by atoms with van der Waals surface area (Å²) in [4.78, 5) is 12.6. The minimum atomic E-state index is -5.08. The summed E-state index contributed by atoms with van der Waals surface area (Å²) >= 11 is 0. The minimum absolute atomic E-state index is 0. The van der Waals surface area contributed by atoms with Crippen molar-refractivity contribution in [3.63, 3.8) is 0 Å². The van der Waals surface area contributed by atoms with Gasteiger partial charge in [-0.25, -0.2) is 0 Å². The normalized spacial score (nSPS) is 13.1. The van der Waals surface area contributed by atoms with Gasteiger partial charge in [0.25, 0.3) is 0 Å². The van der Waals surface area contributed by atoms with Crippen molar-refractivity contribution in [3.05, 3.63) is 59.2 Å². The fourth-order valence-electron chi connectivity index (χ4n) is 3.21. The molecular weight excluding hydrogens is 460 g/mol. The molecule has 0 aliphatic rings. The van der Waals surface area contributed by atoms with Gasteiger partial charge < -0.3 is 4.74 Å². The molecule has 0 aliphatic heterocycles. The van der Waals surface area contributed by atoms with E-state index in [2.05, 4.69) is 13.8 Å². The summed E-state index contributed by atoms with van der Waals surface area (Å²) in [6, 6.07) is 7.76. The summed E-state index contributed by atoms with van der Waals surface area (Å²) < 4.78 is 85.5. The van der Waals surface area contributed by atoms with Crippen LogP contribution in [0.1, 0.15) is 61.0 Å². The second kappa shape index (κ2) is 12.8. The quantitative estimate of drug-likeness (QED) is 0.204. The van der Waals surface area contributed by atoms with Crippen molar-refractivity contribution in [1.29, 1.82) is 0 Å². The number of unbranched alkanes of at least 4 members (excludes halogenated alkanes) is 1. The zero-order valence-electron chi connectivity index (χ0n) is 18.7. The van der Waals surface area contributed by atoms with Gasteiger partial charge in [0, 0.05) is 24.4 Å². The molecule has 0 fully saturated rings. The average Bonchev–Trinajstić information content (AvgIpc) is 2.73.